The van der Waals surface area contributed by atoms with Crippen molar-refractivity contribution in [3.8, 4) is 0 Å². The minimum atomic E-state index is -1.33. The van der Waals surface area contributed by atoms with Crippen LogP contribution >= 0.6 is 12.6 Å². The maximum absolute atomic E-state index is 12.3. The van der Waals surface area contributed by atoms with E-state index in [1.165, 1.54) is 13.8 Å². The summed E-state index contributed by atoms with van der Waals surface area (Å²) < 4.78 is 0. The highest BCUT2D eigenvalue weighted by Crippen LogP contribution is 2.03. The van der Waals surface area contributed by atoms with Crippen molar-refractivity contribution in [3.05, 3.63) is 0 Å². The molecular weight excluding hydrogens is 364 g/mol. The number of carboxylic acids is 1. The molecule has 3 amide bonds. The number of carbonyl (C=O) groups excluding carboxylic acids is 3. The summed E-state index contributed by atoms with van der Waals surface area (Å²) in [6.07, 6.45) is -1.25. The maximum atomic E-state index is 12.3. The van der Waals surface area contributed by atoms with Crippen LogP contribution in [0.4, 0.5) is 0 Å². The fourth-order valence-corrected chi connectivity index (χ4v) is 2.07. The smallest absolute Gasteiger partial charge is 0.326 e. The van der Waals surface area contributed by atoms with Crippen molar-refractivity contribution in [2.45, 2.75) is 58.0 Å². The topological polar surface area (TPSA) is 171 Å². The molecule has 26 heavy (non-hydrogen) atoms. The van der Waals surface area contributed by atoms with Crippen LogP contribution in [0.2, 0.25) is 0 Å². The molecule has 0 fully saturated rings. The van der Waals surface area contributed by atoms with Crippen LogP contribution < -0.4 is 21.7 Å². The SMILES string of the molecule is CC(NC(=O)C(NC(=O)C(N)CS)C(C)O)C(=O)NC(C(=O)O)C(C)C. The van der Waals surface area contributed by atoms with Crippen LogP contribution in [0.1, 0.15) is 27.7 Å². The number of amides is 3. The lowest BCUT2D eigenvalue weighted by Gasteiger charge is -2.25. The summed E-state index contributed by atoms with van der Waals surface area (Å²) in [6, 6.07) is -4.48. The van der Waals surface area contributed by atoms with Gasteiger partial charge >= 0.3 is 5.97 Å². The van der Waals surface area contributed by atoms with Crippen LogP contribution in [0.15, 0.2) is 0 Å². The lowest BCUT2D eigenvalue weighted by Crippen LogP contribution is -2.59. The van der Waals surface area contributed by atoms with E-state index in [1.54, 1.807) is 13.8 Å². The third kappa shape index (κ3) is 7.58. The Morgan fingerprint density at radius 3 is 1.81 bits per heavy atom. The average molecular weight is 392 g/mol. The van der Waals surface area contributed by atoms with Crippen LogP contribution in [0.5, 0.6) is 0 Å². The Hall–Kier alpha value is -1.85. The van der Waals surface area contributed by atoms with Crippen LogP contribution in [0, 0.1) is 5.92 Å². The number of thiol groups is 1. The third-order valence-electron chi connectivity index (χ3n) is 3.58. The van der Waals surface area contributed by atoms with Gasteiger partial charge in [-0.25, -0.2) is 4.79 Å². The van der Waals surface area contributed by atoms with Gasteiger partial charge in [-0.2, -0.15) is 12.6 Å². The van der Waals surface area contributed by atoms with Crippen molar-refractivity contribution in [2.24, 2.45) is 11.7 Å². The molecule has 5 atom stereocenters. The first-order valence-electron chi connectivity index (χ1n) is 8.10. The highest BCUT2D eigenvalue weighted by atomic mass is 32.1. The molecule has 0 aromatic heterocycles. The Kier molecular flexibility index (Phi) is 10.2. The predicted octanol–water partition coefficient (Wildman–Crippen LogP) is -2.16. The Bertz CT molecular complexity index is 528. The van der Waals surface area contributed by atoms with Gasteiger partial charge in [0.05, 0.1) is 12.1 Å². The molecule has 150 valence electrons. The van der Waals surface area contributed by atoms with Gasteiger partial charge in [0.25, 0.3) is 0 Å². The number of aliphatic hydroxyl groups is 1. The van der Waals surface area contributed by atoms with Gasteiger partial charge in [-0.3, -0.25) is 14.4 Å². The molecule has 0 saturated carbocycles. The second-order valence-electron chi connectivity index (χ2n) is 6.31. The van der Waals surface area contributed by atoms with Crippen molar-refractivity contribution in [3.63, 3.8) is 0 Å². The molecule has 0 aliphatic carbocycles. The number of aliphatic hydroxyl groups excluding tert-OH is 1. The van der Waals surface area contributed by atoms with Gasteiger partial charge in [0.15, 0.2) is 0 Å². The number of nitrogens with two attached hydrogens (primary N) is 1. The standard InChI is InChI=1S/C15H28N4O6S/c1-6(2)10(15(24)25)18-12(21)7(3)17-14(23)11(8(4)20)19-13(22)9(16)5-26/h6-11,20,26H,5,16H2,1-4H3,(H,17,23)(H,18,21)(H,19,22)(H,24,25). The highest BCUT2D eigenvalue weighted by Gasteiger charge is 2.31. The molecule has 0 aromatic rings. The Morgan fingerprint density at radius 1 is 0.923 bits per heavy atom. The maximum Gasteiger partial charge on any atom is 0.326 e. The molecule has 0 spiro atoms. The minimum absolute atomic E-state index is 0.0462. The van der Waals surface area contributed by atoms with Gasteiger partial charge in [-0.05, 0) is 19.8 Å². The van der Waals surface area contributed by atoms with Crippen LogP contribution in [0.25, 0.3) is 0 Å². The molecule has 11 heteroatoms. The van der Waals surface area contributed by atoms with Crippen LogP contribution in [-0.2, 0) is 19.2 Å². The summed E-state index contributed by atoms with van der Waals surface area (Å²) in [5.74, 6) is -3.69. The summed E-state index contributed by atoms with van der Waals surface area (Å²) in [7, 11) is 0. The van der Waals surface area contributed by atoms with E-state index in [-0.39, 0.29) is 11.7 Å². The summed E-state index contributed by atoms with van der Waals surface area (Å²) in [5.41, 5.74) is 5.50. The monoisotopic (exact) mass is 392 g/mol. The average Bonchev–Trinajstić information content (AvgIpc) is 2.54. The lowest BCUT2D eigenvalue weighted by molar-refractivity contribution is -0.143. The molecule has 0 radical (unpaired) electrons. The quantitative estimate of drug-likeness (QED) is 0.207. The van der Waals surface area contributed by atoms with E-state index in [2.05, 4.69) is 28.6 Å². The fourth-order valence-electron chi connectivity index (χ4n) is 1.91. The van der Waals surface area contributed by atoms with E-state index in [1.807, 2.05) is 0 Å². The largest absolute Gasteiger partial charge is 0.480 e. The summed E-state index contributed by atoms with van der Waals surface area (Å²) in [6.45, 7) is 5.91. The normalized spacial score (nSPS) is 16.8. The molecule has 5 unspecified atom stereocenters. The second-order valence-corrected chi connectivity index (χ2v) is 6.68. The third-order valence-corrected chi connectivity index (χ3v) is 3.97. The fraction of sp³-hybridized carbons (Fsp3) is 0.733. The number of carbonyl (C=O) groups is 4. The first kappa shape index (κ1) is 24.1. The Labute approximate surface area is 157 Å². The van der Waals surface area contributed by atoms with Crippen molar-refractivity contribution in [2.75, 3.05) is 5.75 Å². The molecular formula is C15H28N4O6S. The van der Waals surface area contributed by atoms with Crippen molar-refractivity contribution < 1.29 is 29.4 Å². The second kappa shape index (κ2) is 11.0. The molecule has 0 rings (SSSR count). The molecule has 0 aromatic carbocycles. The summed E-state index contributed by atoms with van der Waals surface area (Å²) in [4.78, 5) is 47.3. The van der Waals surface area contributed by atoms with Crippen molar-refractivity contribution in [1.82, 2.24) is 16.0 Å². The molecule has 7 N–H and O–H groups in total. The first-order chi connectivity index (χ1) is 11.9. The Morgan fingerprint density at radius 2 is 1.42 bits per heavy atom. The van der Waals surface area contributed by atoms with E-state index >= 15 is 0 Å². The van der Waals surface area contributed by atoms with E-state index in [0.29, 0.717) is 0 Å². The number of carboxylic acid groups (broad SMARTS) is 1. The van der Waals surface area contributed by atoms with Gasteiger partial charge in [-0.1, -0.05) is 13.8 Å². The number of hydrogen-bond donors (Lipinski definition) is 7. The zero-order valence-electron chi connectivity index (χ0n) is 15.2. The summed E-state index contributed by atoms with van der Waals surface area (Å²) in [5, 5.41) is 25.7. The molecule has 0 aliphatic heterocycles. The number of rotatable bonds is 10. The van der Waals surface area contributed by atoms with Crippen LogP contribution in [0.3, 0.4) is 0 Å². The zero-order chi connectivity index (χ0) is 20.6. The van der Waals surface area contributed by atoms with Crippen molar-refractivity contribution >= 4 is 36.3 Å². The molecule has 10 nitrogen and oxygen atoms in total. The van der Waals surface area contributed by atoms with Crippen LogP contribution in [-0.4, -0.2) is 69.9 Å². The van der Waals surface area contributed by atoms with Gasteiger partial charge in [-0.15, -0.1) is 0 Å². The molecule has 0 saturated heterocycles. The first-order valence-corrected chi connectivity index (χ1v) is 8.74. The van der Waals surface area contributed by atoms with E-state index in [4.69, 9.17) is 10.8 Å². The van der Waals surface area contributed by atoms with Gasteiger partial charge in [0.2, 0.25) is 17.7 Å². The number of aliphatic carboxylic acids is 1. The summed E-state index contributed by atoms with van der Waals surface area (Å²) >= 11 is 3.88. The predicted molar refractivity (Wildman–Crippen MR) is 97.4 cm³/mol. The van der Waals surface area contributed by atoms with E-state index in [0.717, 1.165) is 0 Å². The van der Waals surface area contributed by atoms with Gasteiger partial charge in [0, 0.05) is 5.75 Å². The molecule has 0 aliphatic rings. The molecule has 0 bridgehead atoms. The highest BCUT2D eigenvalue weighted by molar-refractivity contribution is 7.80. The lowest BCUT2D eigenvalue weighted by atomic mass is 10.0. The minimum Gasteiger partial charge on any atom is -0.480 e. The van der Waals surface area contributed by atoms with E-state index < -0.39 is 54.0 Å². The molecule has 0 heterocycles. The number of hydrogen-bond acceptors (Lipinski definition) is 7. The van der Waals surface area contributed by atoms with E-state index in [9.17, 15) is 24.3 Å². The van der Waals surface area contributed by atoms with Crippen molar-refractivity contribution in [1.29, 1.82) is 0 Å². The van der Waals surface area contributed by atoms with Gasteiger partial charge in [0.1, 0.15) is 18.1 Å². The van der Waals surface area contributed by atoms with Gasteiger partial charge < -0.3 is 31.9 Å². The Balaban J connectivity index is 4.94. The number of nitrogens with one attached hydrogen (secondary N) is 3. The zero-order valence-corrected chi connectivity index (χ0v) is 16.1.